The minimum absolute atomic E-state index is 1.15. The first-order chi connectivity index (χ1) is 6.91. The number of rotatable bonds is 10. The van der Waals surface area contributed by atoms with Gasteiger partial charge in [-0.15, -0.1) is 6.58 Å². The van der Waals surface area contributed by atoms with E-state index in [4.69, 9.17) is 5.73 Å². The normalized spacial score (nSPS) is 10.9. The van der Waals surface area contributed by atoms with Crippen molar-refractivity contribution in [3.8, 4) is 0 Å². The highest BCUT2D eigenvalue weighted by molar-refractivity contribution is 4.74. The highest BCUT2D eigenvalue weighted by Crippen LogP contribution is 2.09. The zero-order valence-electron chi connectivity index (χ0n) is 9.38. The van der Waals surface area contributed by atoms with E-state index >= 15 is 0 Å². The topological polar surface area (TPSA) is 26.0 Å². The number of hydrogen-bond donors (Lipinski definition) is 1. The van der Waals surface area contributed by atoms with Crippen LogP contribution < -0.4 is 5.73 Å². The summed E-state index contributed by atoms with van der Waals surface area (Å²) < 4.78 is 0. The number of unbranched alkanes of at least 4 members (excludes halogenated alkanes) is 8. The van der Waals surface area contributed by atoms with Crippen molar-refractivity contribution in [2.24, 2.45) is 5.73 Å². The average Bonchev–Trinajstić information content (AvgIpc) is 2.21. The molecule has 0 saturated carbocycles. The summed E-state index contributed by atoms with van der Waals surface area (Å²) >= 11 is 0. The lowest BCUT2D eigenvalue weighted by atomic mass is 10.1. The smallest absolute Gasteiger partial charge is 0.0103 e. The van der Waals surface area contributed by atoms with Crippen LogP contribution in [0.5, 0.6) is 0 Å². The fourth-order valence-electron chi connectivity index (χ4n) is 1.53. The van der Waals surface area contributed by atoms with Gasteiger partial charge in [0, 0.05) is 0 Å². The van der Waals surface area contributed by atoms with Gasteiger partial charge in [0.05, 0.1) is 0 Å². The molecule has 0 radical (unpaired) electrons. The van der Waals surface area contributed by atoms with Gasteiger partial charge < -0.3 is 5.73 Å². The fraction of sp³-hybridized carbons (Fsp3) is 0.692. The molecule has 1 heteroatoms. The van der Waals surface area contributed by atoms with Crippen LogP contribution in [0.3, 0.4) is 0 Å². The van der Waals surface area contributed by atoms with Gasteiger partial charge in [0.15, 0.2) is 0 Å². The summed E-state index contributed by atoms with van der Waals surface area (Å²) in [4.78, 5) is 0. The van der Waals surface area contributed by atoms with Gasteiger partial charge in [-0.05, 0) is 31.9 Å². The van der Waals surface area contributed by atoms with E-state index in [1.807, 2.05) is 12.2 Å². The van der Waals surface area contributed by atoms with Gasteiger partial charge in [0.1, 0.15) is 0 Å². The maximum atomic E-state index is 5.25. The van der Waals surface area contributed by atoms with Crippen LogP contribution in [0.2, 0.25) is 0 Å². The molecule has 0 atom stereocenters. The lowest BCUT2D eigenvalue weighted by Crippen LogP contribution is -1.81. The molecule has 0 aliphatic rings. The standard InChI is InChI=1S/C13H25N/c1-2-3-4-5-6-7-8-9-10-11-12-13-14/h2,12-13H,1,3-11,14H2. The van der Waals surface area contributed by atoms with Crippen molar-refractivity contribution < 1.29 is 0 Å². The molecule has 0 unspecified atom stereocenters. The summed E-state index contributed by atoms with van der Waals surface area (Å²) in [6.07, 6.45) is 17.5. The predicted molar refractivity (Wildman–Crippen MR) is 65.1 cm³/mol. The lowest BCUT2D eigenvalue weighted by Gasteiger charge is -1.99. The summed E-state index contributed by atoms with van der Waals surface area (Å²) in [7, 11) is 0. The molecule has 0 amide bonds. The molecule has 0 fully saturated rings. The molecule has 0 aromatic carbocycles. The van der Waals surface area contributed by atoms with E-state index in [0.717, 1.165) is 6.42 Å². The minimum Gasteiger partial charge on any atom is -0.405 e. The van der Waals surface area contributed by atoms with Gasteiger partial charge in [-0.2, -0.15) is 0 Å². The lowest BCUT2D eigenvalue weighted by molar-refractivity contribution is 0.583. The molecule has 0 saturated heterocycles. The molecule has 0 aromatic heterocycles. The Kier molecular flexibility index (Phi) is 11.6. The third-order valence-corrected chi connectivity index (χ3v) is 2.42. The molecule has 0 spiro atoms. The van der Waals surface area contributed by atoms with Crippen LogP contribution in [0.25, 0.3) is 0 Å². The monoisotopic (exact) mass is 195 g/mol. The summed E-state index contributed by atoms with van der Waals surface area (Å²) in [6.45, 7) is 3.72. The van der Waals surface area contributed by atoms with Gasteiger partial charge in [-0.1, -0.05) is 44.3 Å². The molecular formula is C13H25N. The fourth-order valence-corrected chi connectivity index (χ4v) is 1.53. The second kappa shape index (κ2) is 12.3. The minimum atomic E-state index is 1.15. The molecule has 0 aromatic rings. The van der Waals surface area contributed by atoms with Crippen LogP contribution in [0.15, 0.2) is 24.9 Å². The Morgan fingerprint density at radius 2 is 1.29 bits per heavy atom. The van der Waals surface area contributed by atoms with E-state index in [2.05, 4.69) is 6.58 Å². The molecule has 2 N–H and O–H groups in total. The first-order valence-electron chi connectivity index (χ1n) is 5.89. The number of allylic oxidation sites excluding steroid dienone is 2. The van der Waals surface area contributed by atoms with Gasteiger partial charge in [-0.25, -0.2) is 0 Å². The number of nitrogens with two attached hydrogens (primary N) is 1. The number of hydrogen-bond acceptors (Lipinski definition) is 1. The summed E-state index contributed by atoms with van der Waals surface area (Å²) in [6, 6.07) is 0. The van der Waals surface area contributed by atoms with Crippen molar-refractivity contribution in [3.63, 3.8) is 0 Å². The van der Waals surface area contributed by atoms with Crippen molar-refractivity contribution in [1.29, 1.82) is 0 Å². The van der Waals surface area contributed by atoms with Crippen molar-refractivity contribution in [3.05, 3.63) is 24.9 Å². The van der Waals surface area contributed by atoms with E-state index < -0.39 is 0 Å². The largest absolute Gasteiger partial charge is 0.405 e. The highest BCUT2D eigenvalue weighted by Gasteiger charge is 1.90. The first-order valence-corrected chi connectivity index (χ1v) is 5.89. The Morgan fingerprint density at radius 3 is 1.79 bits per heavy atom. The van der Waals surface area contributed by atoms with E-state index in [9.17, 15) is 0 Å². The molecule has 82 valence electrons. The zero-order chi connectivity index (χ0) is 10.5. The van der Waals surface area contributed by atoms with Crippen LogP contribution in [-0.4, -0.2) is 0 Å². The highest BCUT2D eigenvalue weighted by atomic mass is 14.5. The zero-order valence-corrected chi connectivity index (χ0v) is 9.38. The van der Waals surface area contributed by atoms with Crippen LogP contribution >= 0.6 is 0 Å². The van der Waals surface area contributed by atoms with Gasteiger partial charge in [0.25, 0.3) is 0 Å². The third kappa shape index (κ3) is 11.3. The van der Waals surface area contributed by atoms with Gasteiger partial charge in [-0.3, -0.25) is 0 Å². The summed E-state index contributed by atoms with van der Waals surface area (Å²) in [5.41, 5.74) is 5.25. The van der Waals surface area contributed by atoms with Crippen LogP contribution in [0.4, 0.5) is 0 Å². The molecule has 0 rings (SSSR count). The molecule has 0 aliphatic carbocycles. The van der Waals surface area contributed by atoms with Gasteiger partial charge >= 0.3 is 0 Å². The maximum absolute atomic E-state index is 5.25. The molecule has 1 nitrogen and oxygen atoms in total. The maximum Gasteiger partial charge on any atom is -0.0103 e. The van der Waals surface area contributed by atoms with Crippen molar-refractivity contribution in [2.75, 3.05) is 0 Å². The molecule has 0 heterocycles. The third-order valence-electron chi connectivity index (χ3n) is 2.42. The second-order valence-electron chi connectivity index (χ2n) is 3.77. The van der Waals surface area contributed by atoms with Crippen molar-refractivity contribution in [1.82, 2.24) is 0 Å². The van der Waals surface area contributed by atoms with E-state index in [0.29, 0.717) is 0 Å². The summed E-state index contributed by atoms with van der Waals surface area (Å²) in [5.74, 6) is 0. The average molecular weight is 195 g/mol. The molecule has 14 heavy (non-hydrogen) atoms. The second-order valence-corrected chi connectivity index (χ2v) is 3.77. The Morgan fingerprint density at radius 1 is 0.786 bits per heavy atom. The SMILES string of the molecule is C=CCCCCCCCCCC=CN. The Hall–Kier alpha value is -0.720. The van der Waals surface area contributed by atoms with Crippen LogP contribution in [0, 0.1) is 0 Å². The van der Waals surface area contributed by atoms with Crippen LogP contribution in [0.1, 0.15) is 57.8 Å². The van der Waals surface area contributed by atoms with E-state index in [1.165, 1.54) is 51.4 Å². The Balaban J connectivity index is 2.88. The van der Waals surface area contributed by atoms with Gasteiger partial charge in [0.2, 0.25) is 0 Å². The molecule has 0 bridgehead atoms. The predicted octanol–water partition coefficient (Wildman–Crippen LogP) is 4.16. The quantitative estimate of drug-likeness (QED) is 0.411. The summed E-state index contributed by atoms with van der Waals surface area (Å²) in [5, 5.41) is 0. The van der Waals surface area contributed by atoms with Crippen molar-refractivity contribution in [2.45, 2.75) is 57.8 Å². The van der Waals surface area contributed by atoms with E-state index in [1.54, 1.807) is 6.20 Å². The Labute approximate surface area is 89.1 Å². The Bertz CT molecular complexity index is 138. The van der Waals surface area contributed by atoms with Crippen LogP contribution in [-0.2, 0) is 0 Å². The molecular weight excluding hydrogens is 170 g/mol. The van der Waals surface area contributed by atoms with Crippen molar-refractivity contribution >= 4 is 0 Å². The van der Waals surface area contributed by atoms with E-state index in [-0.39, 0.29) is 0 Å². The molecule has 0 aliphatic heterocycles. The first kappa shape index (κ1) is 13.3.